The number of halogens is 3. The summed E-state index contributed by atoms with van der Waals surface area (Å²) in [4.78, 5) is 7.32. The van der Waals surface area contributed by atoms with E-state index in [0.717, 1.165) is 6.33 Å². The number of aromatic amines is 1. The Morgan fingerprint density at radius 3 is 2.67 bits per heavy atom. The number of H-pyrrole nitrogens is 1. The van der Waals surface area contributed by atoms with Gasteiger partial charge < -0.3 is 5.32 Å². The summed E-state index contributed by atoms with van der Waals surface area (Å²) >= 11 is 0. The Kier molecular flexibility index (Phi) is 1.98. The van der Waals surface area contributed by atoms with Crippen LogP contribution < -0.4 is 5.32 Å². The molecule has 0 bridgehead atoms. The molecule has 0 aromatic carbocycles. The lowest BCUT2D eigenvalue weighted by molar-refractivity contribution is -0.139. The first-order chi connectivity index (χ1) is 7.04. The van der Waals surface area contributed by atoms with Crippen molar-refractivity contribution in [1.29, 1.82) is 0 Å². The highest BCUT2D eigenvalue weighted by Gasteiger charge is 2.36. The van der Waals surface area contributed by atoms with Crippen LogP contribution in [0.3, 0.4) is 0 Å². The first-order valence-electron chi connectivity index (χ1n) is 3.98. The molecule has 0 spiro atoms. The van der Waals surface area contributed by atoms with Crippen LogP contribution in [0.15, 0.2) is 6.33 Å². The van der Waals surface area contributed by atoms with Gasteiger partial charge in [-0.25, -0.2) is 9.97 Å². The molecule has 0 radical (unpaired) electrons. The van der Waals surface area contributed by atoms with Crippen molar-refractivity contribution in [3.63, 3.8) is 0 Å². The first-order valence-corrected chi connectivity index (χ1v) is 3.98. The van der Waals surface area contributed by atoms with E-state index < -0.39 is 11.9 Å². The minimum Gasteiger partial charge on any atom is -0.372 e. The van der Waals surface area contributed by atoms with E-state index in [-0.39, 0.29) is 16.9 Å². The minimum atomic E-state index is -4.49. The molecule has 0 aliphatic rings. The fraction of sp³-hybridized carbons (Fsp3) is 0.286. The van der Waals surface area contributed by atoms with Gasteiger partial charge in [-0.1, -0.05) is 0 Å². The van der Waals surface area contributed by atoms with Gasteiger partial charge in [-0.3, -0.25) is 5.10 Å². The zero-order chi connectivity index (χ0) is 11.1. The quantitative estimate of drug-likeness (QED) is 0.757. The Bertz CT molecular complexity index is 489. The van der Waals surface area contributed by atoms with Gasteiger partial charge in [0.05, 0.1) is 5.39 Å². The van der Waals surface area contributed by atoms with Crippen LogP contribution in [0.4, 0.5) is 19.0 Å². The molecule has 0 aliphatic carbocycles. The van der Waals surface area contributed by atoms with E-state index in [1.807, 2.05) is 5.10 Å². The van der Waals surface area contributed by atoms with E-state index in [4.69, 9.17) is 0 Å². The topological polar surface area (TPSA) is 66.5 Å². The summed E-state index contributed by atoms with van der Waals surface area (Å²) in [7, 11) is 1.48. The summed E-state index contributed by atoms with van der Waals surface area (Å²) in [5.74, 6) is 0.0982. The van der Waals surface area contributed by atoms with Crippen LogP contribution in [-0.2, 0) is 6.18 Å². The van der Waals surface area contributed by atoms with Crippen LogP contribution in [0.25, 0.3) is 11.0 Å². The number of aromatic nitrogens is 4. The van der Waals surface area contributed by atoms with E-state index in [1.54, 1.807) is 0 Å². The molecule has 0 fully saturated rings. The molecule has 2 N–H and O–H groups in total. The van der Waals surface area contributed by atoms with Crippen LogP contribution in [-0.4, -0.2) is 27.2 Å². The van der Waals surface area contributed by atoms with Crippen LogP contribution >= 0.6 is 0 Å². The molecule has 2 aromatic rings. The average molecular weight is 217 g/mol. The third-order valence-electron chi connectivity index (χ3n) is 1.87. The van der Waals surface area contributed by atoms with Gasteiger partial charge in [-0.05, 0) is 0 Å². The summed E-state index contributed by atoms with van der Waals surface area (Å²) in [6.45, 7) is 0. The van der Waals surface area contributed by atoms with E-state index in [2.05, 4.69) is 20.4 Å². The molecule has 0 saturated heterocycles. The van der Waals surface area contributed by atoms with Crippen LogP contribution in [0.2, 0.25) is 0 Å². The Labute approximate surface area is 81.7 Å². The number of alkyl halides is 3. The first kappa shape index (κ1) is 9.69. The second-order valence-electron chi connectivity index (χ2n) is 2.77. The van der Waals surface area contributed by atoms with Crippen LogP contribution in [0, 0.1) is 0 Å². The molecule has 2 rings (SSSR count). The Morgan fingerprint density at radius 2 is 2.07 bits per heavy atom. The molecule has 0 unspecified atom stereocenters. The van der Waals surface area contributed by atoms with Crippen molar-refractivity contribution in [2.75, 3.05) is 12.4 Å². The van der Waals surface area contributed by atoms with Gasteiger partial charge in [0.2, 0.25) is 0 Å². The maximum atomic E-state index is 12.5. The summed E-state index contributed by atoms with van der Waals surface area (Å²) in [6.07, 6.45) is -3.35. The highest BCUT2D eigenvalue weighted by atomic mass is 19.4. The molecule has 2 heterocycles. The highest BCUT2D eigenvalue weighted by Crippen LogP contribution is 2.34. The second kappa shape index (κ2) is 3.07. The summed E-state index contributed by atoms with van der Waals surface area (Å²) in [5.41, 5.74) is -0.955. The lowest BCUT2D eigenvalue weighted by Crippen LogP contribution is -2.07. The minimum absolute atomic E-state index is 0.0123. The number of anilines is 1. The molecule has 8 heteroatoms. The summed E-state index contributed by atoms with van der Waals surface area (Å²) in [5, 5.41) is 7.78. The third-order valence-corrected chi connectivity index (χ3v) is 1.87. The molecule has 2 aromatic heterocycles. The standard InChI is InChI=1S/C7H6F3N5/c1-11-5-3-4(7(8,9)10)14-15-6(3)13-2-12-5/h2H,1H3,(H2,11,12,13,14,15). The van der Waals surface area contributed by atoms with Gasteiger partial charge in [0.1, 0.15) is 12.1 Å². The molecule has 15 heavy (non-hydrogen) atoms. The van der Waals surface area contributed by atoms with Gasteiger partial charge in [0, 0.05) is 7.05 Å². The van der Waals surface area contributed by atoms with Crippen molar-refractivity contribution in [3.8, 4) is 0 Å². The highest BCUT2D eigenvalue weighted by molar-refractivity contribution is 5.89. The lowest BCUT2D eigenvalue weighted by Gasteiger charge is -2.05. The predicted molar refractivity (Wildman–Crippen MR) is 46.2 cm³/mol. The van der Waals surface area contributed by atoms with Crippen LogP contribution in [0.1, 0.15) is 5.69 Å². The Morgan fingerprint density at radius 1 is 1.33 bits per heavy atom. The Hall–Kier alpha value is -1.86. The smallest absolute Gasteiger partial charge is 0.372 e. The average Bonchev–Trinajstić information content (AvgIpc) is 2.59. The lowest BCUT2D eigenvalue weighted by atomic mass is 10.3. The van der Waals surface area contributed by atoms with Crippen molar-refractivity contribution >= 4 is 16.9 Å². The van der Waals surface area contributed by atoms with Gasteiger partial charge in [-0.2, -0.15) is 18.3 Å². The molecular weight excluding hydrogens is 211 g/mol. The summed E-state index contributed by atoms with van der Waals surface area (Å²) in [6, 6.07) is 0. The van der Waals surface area contributed by atoms with E-state index in [1.165, 1.54) is 7.05 Å². The Balaban J connectivity index is 2.77. The zero-order valence-corrected chi connectivity index (χ0v) is 7.55. The van der Waals surface area contributed by atoms with Gasteiger partial charge in [0.15, 0.2) is 11.3 Å². The molecule has 0 atom stereocenters. The largest absolute Gasteiger partial charge is 0.433 e. The predicted octanol–water partition coefficient (Wildman–Crippen LogP) is 1.41. The molecule has 0 aliphatic heterocycles. The number of nitrogens with zero attached hydrogens (tertiary/aromatic N) is 3. The molecule has 0 saturated carbocycles. The fourth-order valence-corrected chi connectivity index (χ4v) is 1.25. The van der Waals surface area contributed by atoms with Gasteiger partial charge >= 0.3 is 6.18 Å². The second-order valence-corrected chi connectivity index (χ2v) is 2.77. The number of rotatable bonds is 1. The fourth-order valence-electron chi connectivity index (χ4n) is 1.25. The summed E-state index contributed by atoms with van der Waals surface area (Å²) < 4.78 is 37.5. The monoisotopic (exact) mass is 217 g/mol. The van der Waals surface area contributed by atoms with Crippen LogP contribution in [0.5, 0.6) is 0 Å². The maximum absolute atomic E-state index is 12.5. The molecule has 0 amide bonds. The van der Waals surface area contributed by atoms with Crippen molar-refractivity contribution in [1.82, 2.24) is 20.2 Å². The van der Waals surface area contributed by atoms with Gasteiger partial charge in [-0.15, -0.1) is 0 Å². The maximum Gasteiger partial charge on any atom is 0.433 e. The number of fused-ring (bicyclic) bond motifs is 1. The normalized spacial score (nSPS) is 12.0. The number of hydrogen-bond acceptors (Lipinski definition) is 4. The molecular formula is C7H6F3N5. The van der Waals surface area contributed by atoms with Crippen molar-refractivity contribution in [2.45, 2.75) is 6.18 Å². The van der Waals surface area contributed by atoms with E-state index in [0.29, 0.717) is 0 Å². The number of nitrogens with one attached hydrogen (secondary N) is 2. The third kappa shape index (κ3) is 1.47. The zero-order valence-electron chi connectivity index (χ0n) is 7.55. The van der Waals surface area contributed by atoms with Crippen molar-refractivity contribution in [3.05, 3.63) is 12.0 Å². The van der Waals surface area contributed by atoms with Gasteiger partial charge in [0.25, 0.3) is 0 Å². The number of hydrogen-bond donors (Lipinski definition) is 2. The van der Waals surface area contributed by atoms with E-state index in [9.17, 15) is 13.2 Å². The SMILES string of the molecule is CNc1ncnc2n[nH]c(C(F)(F)F)c12. The molecule has 80 valence electrons. The molecule has 5 nitrogen and oxygen atoms in total. The van der Waals surface area contributed by atoms with Crippen molar-refractivity contribution in [2.24, 2.45) is 0 Å². The van der Waals surface area contributed by atoms with E-state index >= 15 is 0 Å². The van der Waals surface area contributed by atoms with Crippen molar-refractivity contribution < 1.29 is 13.2 Å².